The van der Waals surface area contributed by atoms with Crippen molar-refractivity contribution in [1.29, 1.82) is 0 Å². The molecule has 3 amide bonds. The van der Waals surface area contributed by atoms with Crippen LogP contribution >= 0.6 is 0 Å². The first-order chi connectivity index (χ1) is 20.5. The summed E-state index contributed by atoms with van der Waals surface area (Å²) in [7, 11) is 1.56. The van der Waals surface area contributed by atoms with Crippen LogP contribution in [0.25, 0.3) is 11.1 Å². The van der Waals surface area contributed by atoms with Gasteiger partial charge in [-0.25, -0.2) is 0 Å². The second kappa shape index (κ2) is 11.3. The molecule has 2 aliphatic rings. The lowest BCUT2D eigenvalue weighted by molar-refractivity contribution is -0.146. The number of nitrogens with zero attached hydrogens (tertiary/aromatic N) is 2. The average Bonchev–Trinajstić information content (AvgIpc) is 3.17. The Balaban J connectivity index is 1.78. The third-order valence-corrected chi connectivity index (χ3v) is 8.99. The second-order valence-corrected chi connectivity index (χ2v) is 13.9. The number of amides is 3. The number of halogens is 6. The fourth-order valence-electron chi connectivity index (χ4n) is 6.11. The SMILES string of the molecule is CN(C(=O)C1CC2C(=O)N(c3ccc(-c4ccc(C(C)(C)C)cc4C(F)(F)F)c(C(F)(F)F)c3)C(=O)C2CC1C=O)C(C)(C)C. The molecule has 1 saturated heterocycles. The normalized spacial score (nSPS) is 22.8. The molecule has 1 aliphatic carbocycles. The van der Waals surface area contributed by atoms with Gasteiger partial charge in [0.05, 0.1) is 28.7 Å². The van der Waals surface area contributed by atoms with E-state index in [-0.39, 0.29) is 18.4 Å². The van der Waals surface area contributed by atoms with Crippen LogP contribution in [-0.2, 0) is 36.9 Å². The molecule has 1 heterocycles. The maximum absolute atomic E-state index is 14.4. The van der Waals surface area contributed by atoms with E-state index in [0.717, 1.165) is 24.3 Å². The number of anilines is 1. The van der Waals surface area contributed by atoms with Crippen molar-refractivity contribution in [1.82, 2.24) is 4.90 Å². The Labute approximate surface area is 257 Å². The molecule has 4 unspecified atom stereocenters. The molecular formula is C33H36F6N2O4. The Morgan fingerprint density at radius 1 is 0.800 bits per heavy atom. The van der Waals surface area contributed by atoms with Crippen molar-refractivity contribution in [3.8, 4) is 11.1 Å². The number of carbonyl (C=O) groups excluding carboxylic acids is 4. The number of imide groups is 1. The fourth-order valence-corrected chi connectivity index (χ4v) is 6.11. The molecule has 12 heteroatoms. The van der Waals surface area contributed by atoms with Crippen molar-refractivity contribution in [3.63, 3.8) is 0 Å². The standard InChI is InChI=1S/C33H36F6N2O4/c1-30(2,3)18-8-10-20(25(13-18)32(34,35)36)21-11-9-19(14-26(21)33(37,38)39)41-28(44)23-12-17(16-42)22(15-24(23)29(41)45)27(43)40(7)31(4,5)6/h8-11,13-14,16-17,22-24H,12,15H2,1-7H3. The smallest absolute Gasteiger partial charge is 0.341 e. The van der Waals surface area contributed by atoms with Gasteiger partial charge in [0, 0.05) is 24.4 Å². The van der Waals surface area contributed by atoms with Crippen LogP contribution in [0.5, 0.6) is 0 Å². The summed E-state index contributed by atoms with van der Waals surface area (Å²) in [6.07, 6.45) is -9.84. The molecule has 4 atom stereocenters. The van der Waals surface area contributed by atoms with Crippen LogP contribution in [0.15, 0.2) is 36.4 Å². The maximum Gasteiger partial charge on any atom is 0.417 e. The number of hydrogen-bond donors (Lipinski definition) is 0. The number of hydrogen-bond acceptors (Lipinski definition) is 4. The number of rotatable bonds is 4. The first kappa shape index (κ1) is 34.2. The third kappa shape index (κ3) is 6.37. The highest BCUT2D eigenvalue weighted by Crippen LogP contribution is 2.48. The van der Waals surface area contributed by atoms with Gasteiger partial charge in [-0.05, 0) is 73.9 Å². The van der Waals surface area contributed by atoms with Crippen LogP contribution in [0.3, 0.4) is 0 Å². The summed E-state index contributed by atoms with van der Waals surface area (Å²) in [6.45, 7) is 10.4. The largest absolute Gasteiger partial charge is 0.417 e. The van der Waals surface area contributed by atoms with Gasteiger partial charge in [-0.1, -0.05) is 39.0 Å². The Kier molecular flexibility index (Phi) is 8.56. The predicted molar refractivity (Wildman–Crippen MR) is 155 cm³/mol. The summed E-state index contributed by atoms with van der Waals surface area (Å²) in [5.74, 6) is -5.91. The molecule has 2 aromatic rings. The first-order valence-corrected chi connectivity index (χ1v) is 14.5. The van der Waals surface area contributed by atoms with Gasteiger partial charge in [0.2, 0.25) is 17.7 Å². The average molecular weight is 639 g/mol. The zero-order chi connectivity index (χ0) is 34.0. The molecule has 0 spiro atoms. The lowest BCUT2D eigenvalue weighted by atomic mass is 9.69. The van der Waals surface area contributed by atoms with E-state index in [4.69, 9.17) is 0 Å². The third-order valence-electron chi connectivity index (χ3n) is 8.99. The number of carbonyl (C=O) groups is 4. The Bertz CT molecular complexity index is 1530. The van der Waals surface area contributed by atoms with Gasteiger partial charge in [0.1, 0.15) is 6.29 Å². The van der Waals surface area contributed by atoms with Gasteiger partial charge < -0.3 is 9.69 Å². The highest BCUT2D eigenvalue weighted by Gasteiger charge is 2.55. The Morgan fingerprint density at radius 3 is 1.76 bits per heavy atom. The van der Waals surface area contributed by atoms with E-state index in [1.807, 2.05) is 0 Å². The minimum absolute atomic E-state index is 0.136. The fraction of sp³-hybridized carbons (Fsp3) is 0.515. The first-order valence-electron chi connectivity index (χ1n) is 14.5. The molecule has 0 N–H and O–H groups in total. The predicted octanol–water partition coefficient (Wildman–Crippen LogP) is 7.28. The van der Waals surface area contributed by atoms with Crippen molar-refractivity contribution in [2.75, 3.05) is 11.9 Å². The lowest BCUT2D eigenvalue weighted by Crippen LogP contribution is -2.49. The summed E-state index contributed by atoms with van der Waals surface area (Å²) >= 11 is 0. The van der Waals surface area contributed by atoms with E-state index in [0.29, 0.717) is 17.3 Å². The second-order valence-electron chi connectivity index (χ2n) is 13.9. The van der Waals surface area contributed by atoms with Gasteiger partial charge in [-0.15, -0.1) is 0 Å². The number of benzene rings is 2. The molecule has 244 valence electrons. The van der Waals surface area contributed by atoms with Gasteiger partial charge >= 0.3 is 12.4 Å². The van der Waals surface area contributed by atoms with Gasteiger partial charge in [-0.3, -0.25) is 19.3 Å². The molecule has 6 nitrogen and oxygen atoms in total. The van der Waals surface area contributed by atoms with E-state index in [2.05, 4.69) is 0 Å². The molecule has 2 fully saturated rings. The van der Waals surface area contributed by atoms with Gasteiger partial charge in [-0.2, -0.15) is 26.3 Å². The summed E-state index contributed by atoms with van der Waals surface area (Å²) in [6, 6.07) is 5.53. The van der Waals surface area contributed by atoms with E-state index in [9.17, 15) is 45.5 Å². The minimum Gasteiger partial charge on any atom is -0.341 e. The number of aldehydes is 1. The van der Waals surface area contributed by atoms with E-state index < -0.39 is 92.6 Å². The van der Waals surface area contributed by atoms with Crippen LogP contribution in [-0.4, -0.2) is 41.5 Å². The quantitative estimate of drug-likeness (QED) is 0.201. The summed E-state index contributed by atoms with van der Waals surface area (Å²) in [4.78, 5) is 54.4. The van der Waals surface area contributed by atoms with Crippen molar-refractivity contribution >= 4 is 29.7 Å². The molecule has 1 aliphatic heterocycles. The van der Waals surface area contributed by atoms with Gasteiger partial charge in [0.15, 0.2) is 0 Å². The topological polar surface area (TPSA) is 74.8 Å². The van der Waals surface area contributed by atoms with Crippen molar-refractivity contribution < 1.29 is 45.5 Å². The highest BCUT2D eigenvalue weighted by molar-refractivity contribution is 6.22. The van der Waals surface area contributed by atoms with E-state index in [1.165, 1.54) is 11.0 Å². The summed E-state index contributed by atoms with van der Waals surface area (Å²) in [5.41, 5.74) is -5.63. The molecule has 4 rings (SSSR count). The summed E-state index contributed by atoms with van der Waals surface area (Å²) in [5, 5.41) is 0. The highest BCUT2D eigenvalue weighted by atomic mass is 19.4. The monoisotopic (exact) mass is 638 g/mol. The van der Waals surface area contributed by atoms with E-state index >= 15 is 0 Å². The molecule has 45 heavy (non-hydrogen) atoms. The van der Waals surface area contributed by atoms with Crippen molar-refractivity contribution in [2.24, 2.45) is 23.7 Å². The Morgan fingerprint density at radius 2 is 1.29 bits per heavy atom. The summed E-state index contributed by atoms with van der Waals surface area (Å²) < 4.78 is 85.8. The molecule has 0 radical (unpaired) electrons. The maximum atomic E-state index is 14.4. The lowest BCUT2D eigenvalue weighted by Gasteiger charge is -2.39. The van der Waals surface area contributed by atoms with Crippen LogP contribution in [0.4, 0.5) is 32.0 Å². The van der Waals surface area contributed by atoms with Gasteiger partial charge in [0.25, 0.3) is 0 Å². The molecule has 0 bridgehead atoms. The zero-order valence-electron chi connectivity index (χ0n) is 26.1. The molecular weight excluding hydrogens is 602 g/mol. The van der Waals surface area contributed by atoms with Crippen LogP contribution in [0.1, 0.15) is 71.1 Å². The number of fused-ring (bicyclic) bond motifs is 1. The molecule has 1 saturated carbocycles. The van der Waals surface area contributed by atoms with Crippen molar-refractivity contribution in [2.45, 2.75) is 77.7 Å². The van der Waals surface area contributed by atoms with E-state index in [1.54, 1.807) is 48.6 Å². The van der Waals surface area contributed by atoms with Crippen LogP contribution in [0.2, 0.25) is 0 Å². The van der Waals surface area contributed by atoms with Crippen LogP contribution in [0, 0.1) is 23.7 Å². The molecule has 0 aromatic heterocycles. The zero-order valence-corrected chi connectivity index (χ0v) is 26.1. The van der Waals surface area contributed by atoms with Crippen molar-refractivity contribution in [3.05, 3.63) is 53.1 Å². The van der Waals surface area contributed by atoms with Crippen LogP contribution < -0.4 is 4.90 Å². The minimum atomic E-state index is -5.15. The number of alkyl halides is 6. The Hall–Kier alpha value is -3.70. The molecule has 2 aromatic carbocycles.